The lowest BCUT2D eigenvalue weighted by Crippen LogP contribution is -2.37. The minimum Gasteiger partial charge on any atom is -0.497 e. The monoisotopic (exact) mass is 525 g/mol. The van der Waals surface area contributed by atoms with E-state index in [9.17, 15) is 4.79 Å². The van der Waals surface area contributed by atoms with Crippen molar-refractivity contribution in [2.45, 2.75) is 12.6 Å². The molecule has 0 saturated carbocycles. The number of amides is 1. The van der Waals surface area contributed by atoms with Crippen LogP contribution in [0.1, 0.15) is 27.9 Å². The maximum atomic E-state index is 13.8. The Hall–Kier alpha value is -3.40. The highest BCUT2D eigenvalue weighted by atomic mass is 79.9. The number of hydrogen-bond donors (Lipinski definition) is 1. The van der Waals surface area contributed by atoms with Gasteiger partial charge in [-0.15, -0.1) is 0 Å². The van der Waals surface area contributed by atoms with Crippen LogP contribution in [0.15, 0.2) is 75.6 Å². The molecule has 176 valence electrons. The number of para-hydroxylation sites is 1. The molecule has 0 spiro atoms. The molecule has 2 aromatic heterocycles. The molecule has 1 amide bonds. The molecule has 2 aromatic carbocycles. The van der Waals surface area contributed by atoms with Crippen LogP contribution in [0.25, 0.3) is 11.0 Å². The van der Waals surface area contributed by atoms with Crippen molar-refractivity contribution in [2.24, 2.45) is 5.90 Å². The summed E-state index contributed by atoms with van der Waals surface area (Å²) in [5.41, 5.74) is 1.81. The summed E-state index contributed by atoms with van der Waals surface area (Å²) in [4.78, 5) is 24.8. The van der Waals surface area contributed by atoms with Crippen LogP contribution in [0.4, 0.5) is 0 Å². The first-order chi connectivity index (χ1) is 16.5. The number of pyridine rings is 1. The number of halogens is 1. The van der Waals surface area contributed by atoms with Gasteiger partial charge in [0.2, 0.25) is 5.88 Å². The van der Waals surface area contributed by atoms with E-state index < -0.39 is 6.04 Å². The van der Waals surface area contributed by atoms with Gasteiger partial charge in [-0.05, 0) is 57.9 Å². The standard InChI is InChI=1S/C25H24BrN3O5/c1-31-18-9-7-16(8-10-18)14-29(25(30)20-12-11-19(26)24(28-20)32-2)21(15-33-27)23-13-17-5-3-4-6-22(17)34-23/h3-13,21H,14-15,27H2,1-2H3/t21-/m1/s1. The Labute approximate surface area is 205 Å². The smallest absolute Gasteiger partial charge is 0.273 e. The number of nitrogens with zero attached hydrogens (tertiary/aromatic N) is 2. The van der Waals surface area contributed by atoms with Crippen LogP contribution in [-0.2, 0) is 11.4 Å². The van der Waals surface area contributed by atoms with Gasteiger partial charge in [0.25, 0.3) is 5.91 Å². The number of aromatic nitrogens is 1. The molecule has 0 aliphatic carbocycles. The van der Waals surface area contributed by atoms with Crippen molar-refractivity contribution < 1.29 is 23.5 Å². The molecule has 4 rings (SSSR count). The van der Waals surface area contributed by atoms with Gasteiger partial charge >= 0.3 is 0 Å². The molecule has 2 N–H and O–H groups in total. The maximum Gasteiger partial charge on any atom is 0.273 e. The van der Waals surface area contributed by atoms with E-state index in [4.69, 9.17) is 24.6 Å². The largest absolute Gasteiger partial charge is 0.497 e. The zero-order chi connectivity index (χ0) is 24.1. The van der Waals surface area contributed by atoms with Crippen molar-refractivity contribution in [3.8, 4) is 11.6 Å². The fraction of sp³-hybridized carbons (Fsp3) is 0.200. The fourth-order valence-electron chi connectivity index (χ4n) is 3.67. The first kappa shape index (κ1) is 23.7. The molecule has 0 aliphatic heterocycles. The van der Waals surface area contributed by atoms with E-state index >= 15 is 0 Å². The minimum atomic E-state index is -0.608. The lowest BCUT2D eigenvalue weighted by molar-refractivity contribution is 0.0340. The van der Waals surface area contributed by atoms with E-state index in [2.05, 4.69) is 20.9 Å². The summed E-state index contributed by atoms with van der Waals surface area (Å²) in [5, 5.41) is 0.916. The highest BCUT2D eigenvalue weighted by molar-refractivity contribution is 9.10. The van der Waals surface area contributed by atoms with E-state index in [0.29, 0.717) is 21.7 Å². The number of hydrogen-bond acceptors (Lipinski definition) is 7. The second-order valence-electron chi connectivity index (χ2n) is 7.50. The number of carbonyl (C=O) groups is 1. The van der Waals surface area contributed by atoms with Crippen LogP contribution < -0.4 is 15.4 Å². The minimum absolute atomic E-state index is 0.0232. The highest BCUT2D eigenvalue weighted by Gasteiger charge is 2.30. The number of carbonyl (C=O) groups excluding carboxylic acids is 1. The molecule has 0 bridgehead atoms. The summed E-state index contributed by atoms with van der Waals surface area (Å²) in [5.74, 6) is 6.75. The summed E-state index contributed by atoms with van der Waals surface area (Å²) in [6.07, 6.45) is 0. The summed E-state index contributed by atoms with van der Waals surface area (Å²) in [6.45, 7) is 0.281. The molecule has 9 heteroatoms. The van der Waals surface area contributed by atoms with Crippen molar-refractivity contribution in [3.05, 3.63) is 88.2 Å². The van der Waals surface area contributed by atoms with E-state index in [1.807, 2.05) is 54.6 Å². The van der Waals surface area contributed by atoms with Gasteiger partial charge in [0.1, 0.15) is 28.8 Å². The van der Waals surface area contributed by atoms with E-state index in [0.717, 1.165) is 16.7 Å². The lowest BCUT2D eigenvalue weighted by Gasteiger charge is -2.30. The third-order valence-corrected chi connectivity index (χ3v) is 6.01. The molecule has 0 saturated heterocycles. The SMILES string of the molecule is COc1ccc(CN(C(=O)c2ccc(Br)c(OC)n2)[C@H](CON)c2cc3ccccc3o2)cc1. The Morgan fingerprint density at radius 3 is 2.53 bits per heavy atom. The van der Waals surface area contributed by atoms with Gasteiger partial charge in [-0.1, -0.05) is 30.3 Å². The van der Waals surface area contributed by atoms with Crippen molar-refractivity contribution in [1.29, 1.82) is 0 Å². The maximum absolute atomic E-state index is 13.8. The first-order valence-electron chi connectivity index (χ1n) is 10.5. The van der Waals surface area contributed by atoms with Crippen molar-refractivity contribution >= 4 is 32.8 Å². The number of methoxy groups -OCH3 is 2. The van der Waals surface area contributed by atoms with E-state index in [-0.39, 0.29) is 24.8 Å². The molecule has 34 heavy (non-hydrogen) atoms. The molecular formula is C25H24BrN3O5. The van der Waals surface area contributed by atoms with Gasteiger partial charge in [-0.2, -0.15) is 0 Å². The van der Waals surface area contributed by atoms with Crippen LogP contribution in [-0.4, -0.2) is 36.6 Å². The molecule has 0 aliphatic rings. The average molecular weight is 526 g/mol. The second-order valence-corrected chi connectivity index (χ2v) is 8.36. The van der Waals surface area contributed by atoms with Crippen LogP contribution in [0, 0.1) is 0 Å². The zero-order valence-electron chi connectivity index (χ0n) is 18.7. The summed E-state index contributed by atoms with van der Waals surface area (Å²) in [7, 11) is 3.10. The topological polar surface area (TPSA) is 100 Å². The molecule has 2 heterocycles. The van der Waals surface area contributed by atoms with Gasteiger partial charge in [0.05, 0.1) is 25.3 Å². The average Bonchev–Trinajstić information content (AvgIpc) is 3.30. The predicted octanol–water partition coefficient (Wildman–Crippen LogP) is 4.88. The van der Waals surface area contributed by atoms with Gasteiger partial charge in [0, 0.05) is 11.9 Å². The number of rotatable bonds is 9. The summed E-state index contributed by atoms with van der Waals surface area (Å²) in [6, 6.07) is 19.7. The van der Waals surface area contributed by atoms with Crippen LogP contribution in [0.3, 0.4) is 0 Å². The first-order valence-corrected chi connectivity index (χ1v) is 11.3. The Kier molecular flexibility index (Phi) is 7.46. The van der Waals surface area contributed by atoms with Gasteiger partial charge in [-0.25, -0.2) is 10.9 Å². The van der Waals surface area contributed by atoms with Crippen molar-refractivity contribution in [3.63, 3.8) is 0 Å². The Morgan fingerprint density at radius 1 is 1.09 bits per heavy atom. The van der Waals surface area contributed by atoms with Crippen LogP contribution >= 0.6 is 15.9 Å². The van der Waals surface area contributed by atoms with Gasteiger partial charge in [-0.3, -0.25) is 4.79 Å². The van der Waals surface area contributed by atoms with E-state index in [1.54, 1.807) is 24.1 Å². The number of nitrogens with two attached hydrogens (primary N) is 1. The van der Waals surface area contributed by atoms with Crippen LogP contribution in [0.5, 0.6) is 11.6 Å². The Morgan fingerprint density at radius 2 is 1.85 bits per heavy atom. The summed E-state index contributed by atoms with van der Waals surface area (Å²) < 4.78 is 17.3. The normalized spacial score (nSPS) is 11.9. The number of ether oxygens (including phenoxy) is 2. The fourth-order valence-corrected chi connectivity index (χ4v) is 4.05. The number of benzene rings is 2. The summed E-state index contributed by atoms with van der Waals surface area (Å²) >= 11 is 3.38. The second kappa shape index (κ2) is 10.7. The molecular weight excluding hydrogens is 502 g/mol. The van der Waals surface area contributed by atoms with Crippen molar-refractivity contribution in [2.75, 3.05) is 20.8 Å². The zero-order valence-corrected chi connectivity index (χ0v) is 20.3. The molecule has 4 aromatic rings. The van der Waals surface area contributed by atoms with Crippen LogP contribution in [0.2, 0.25) is 0 Å². The molecule has 0 fully saturated rings. The number of furan rings is 1. The molecule has 8 nitrogen and oxygen atoms in total. The van der Waals surface area contributed by atoms with Crippen molar-refractivity contribution in [1.82, 2.24) is 9.88 Å². The molecule has 0 unspecified atom stereocenters. The Balaban J connectivity index is 1.77. The van der Waals surface area contributed by atoms with Gasteiger partial charge < -0.3 is 23.6 Å². The third kappa shape index (κ3) is 5.06. The number of fused-ring (bicyclic) bond motifs is 1. The van der Waals surface area contributed by atoms with Gasteiger partial charge in [0.15, 0.2) is 0 Å². The Bertz CT molecular complexity index is 1240. The lowest BCUT2D eigenvalue weighted by atomic mass is 10.1. The molecule has 1 atom stereocenters. The quantitative estimate of drug-likeness (QED) is 0.310. The van der Waals surface area contributed by atoms with E-state index in [1.165, 1.54) is 7.11 Å². The third-order valence-electron chi connectivity index (χ3n) is 5.40. The highest BCUT2D eigenvalue weighted by Crippen LogP contribution is 2.31. The molecule has 0 radical (unpaired) electrons. The predicted molar refractivity (Wildman–Crippen MR) is 130 cm³/mol.